The van der Waals surface area contributed by atoms with Gasteiger partial charge in [-0.2, -0.15) is 0 Å². The van der Waals surface area contributed by atoms with E-state index in [4.69, 9.17) is 5.84 Å². The van der Waals surface area contributed by atoms with Crippen LogP contribution in [0.5, 0.6) is 0 Å². The van der Waals surface area contributed by atoms with Crippen LogP contribution in [0.2, 0.25) is 0 Å². The average Bonchev–Trinajstić information content (AvgIpc) is 2.62. The Morgan fingerprint density at radius 3 is 2.60 bits per heavy atom. The zero-order chi connectivity index (χ0) is 7.19. The van der Waals surface area contributed by atoms with Crippen molar-refractivity contribution < 1.29 is 0 Å². The van der Waals surface area contributed by atoms with Gasteiger partial charge in [0.25, 0.3) is 0 Å². The van der Waals surface area contributed by atoms with E-state index in [0.717, 1.165) is 12.0 Å². The summed E-state index contributed by atoms with van der Waals surface area (Å²) in [7, 11) is 0. The monoisotopic (exact) mass is 140 g/mol. The first kappa shape index (κ1) is 6.62. The van der Waals surface area contributed by atoms with E-state index in [1.54, 1.807) is 0 Å². The summed E-state index contributed by atoms with van der Waals surface area (Å²) in [6, 6.07) is 0.622. The lowest BCUT2D eigenvalue weighted by molar-refractivity contribution is 0.114. The first-order valence-electron chi connectivity index (χ1n) is 4.23. The van der Waals surface area contributed by atoms with Gasteiger partial charge in [-0.15, -0.1) is 0 Å². The van der Waals surface area contributed by atoms with Gasteiger partial charge in [0, 0.05) is 12.6 Å². The van der Waals surface area contributed by atoms with E-state index in [9.17, 15) is 0 Å². The number of hydrogen-bond acceptors (Lipinski definition) is 2. The summed E-state index contributed by atoms with van der Waals surface area (Å²) < 4.78 is 0. The highest BCUT2D eigenvalue weighted by molar-refractivity contribution is 4.98. The number of hydrazine groups is 1. The van der Waals surface area contributed by atoms with Crippen LogP contribution in [-0.2, 0) is 0 Å². The molecule has 2 heteroatoms. The number of nitrogens with zero attached hydrogens (tertiary/aromatic N) is 1. The second-order valence-electron chi connectivity index (χ2n) is 4.04. The number of piperidine rings is 1. The van der Waals surface area contributed by atoms with Gasteiger partial charge in [0.1, 0.15) is 0 Å². The van der Waals surface area contributed by atoms with Crippen LogP contribution >= 0.6 is 0 Å². The van der Waals surface area contributed by atoms with Gasteiger partial charge in [0.2, 0.25) is 0 Å². The van der Waals surface area contributed by atoms with Crippen LogP contribution in [0.25, 0.3) is 0 Å². The summed E-state index contributed by atoms with van der Waals surface area (Å²) in [5, 5.41) is 1.99. The highest BCUT2D eigenvalue weighted by Gasteiger charge is 2.46. The summed E-state index contributed by atoms with van der Waals surface area (Å²) in [6.45, 7) is 3.35. The second-order valence-corrected chi connectivity index (χ2v) is 4.04. The Kier molecular flexibility index (Phi) is 1.29. The lowest BCUT2D eigenvalue weighted by Gasteiger charge is -2.34. The smallest absolute Gasteiger partial charge is 0.0218 e. The summed E-state index contributed by atoms with van der Waals surface area (Å²) in [6.07, 6.45) is 5.60. The topological polar surface area (TPSA) is 29.3 Å². The van der Waals surface area contributed by atoms with Crippen LogP contribution in [0.4, 0.5) is 0 Å². The van der Waals surface area contributed by atoms with E-state index in [-0.39, 0.29) is 0 Å². The van der Waals surface area contributed by atoms with Gasteiger partial charge in [0.15, 0.2) is 0 Å². The third-order valence-corrected chi connectivity index (χ3v) is 3.15. The summed E-state index contributed by atoms with van der Waals surface area (Å²) in [5.74, 6) is 5.76. The summed E-state index contributed by atoms with van der Waals surface area (Å²) in [4.78, 5) is 0. The largest absolute Gasteiger partial charge is 0.269 e. The maximum atomic E-state index is 5.76. The van der Waals surface area contributed by atoms with E-state index in [1.807, 2.05) is 5.01 Å². The van der Waals surface area contributed by atoms with Gasteiger partial charge in [-0.25, -0.2) is 5.01 Å². The molecule has 0 radical (unpaired) electrons. The SMILES string of the molecule is CC1CC2(CCN1N)CC2. The molecule has 2 nitrogen and oxygen atoms in total. The molecule has 0 amide bonds. The molecule has 0 aromatic rings. The lowest BCUT2D eigenvalue weighted by atomic mass is 9.90. The first-order chi connectivity index (χ1) is 4.72. The zero-order valence-corrected chi connectivity index (χ0v) is 6.64. The van der Waals surface area contributed by atoms with Crippen molar-refractivity contribution in [3.05, 3.63) is 0 Å². The van der Waals surface area contributed by atoms with Gasteiger partial charge < -0.3 is 0 Å². The Balaban J connectivity index is 1.98. The zero-order valence-electron chi connectivity index (χ0n) is 6.64. The standard InChI is InChI=1S/C8H16N2/c1-7-6-8(2-3-8)4-5-10(7)9/h7H,2-6,9H2,1H3. The molecule has 1 heterocycles. The maximum absolute atomic E-state index is 5.76. The number of nitrogens with two attached hydrogens (primary N) is 1. The Labute approximate surface area is 62.4 Å². The Bertz CT molecular complexity index is 140. The van der Waals surface area contributed by atoms with Crippen molar-refractivity contribution in [2.45, 2.75) is 38.6 Å². The van der Waals surface area contributed by atoms with Gasteiger partial charge in [-0.05, 0) is 38.0 Å². The van der Waals surface area contributed by atoms with Crippen molar-refractivity contribution in [1.82, 2.24) is 5.01 Å². The highest BCUT2D eigenvalue weighted by atomic mass is 15.4. The highest BCUT2D eigenvalue weighted by Crippen LogP contribution is 2.54. The minimum absolute atomic E-state index is 0.622. The van der Waals surface area contributed by atoms with Crippen molar-refractivity contribution in [2.24, 2.45) is 11.3 Å². The van der Waals surface area contributed by atoms with E-state index in [1.165, 1.54) is 25.7 Å². The normalized spacial score (nSPS) is 38.4. The van der Waals surface area contributed by atoms with Crippen LogP contribution in [0.15, 0.2) is 0 Å². The molecular weight excluding hydrogens is 124 g/mol. The molecule has 2 aliphatic rings. The molecule has 0 aromatic carbocycles. The summed E-state index contributed by atoms with van der Waals surface area (Å²) in [5.41, 5.74) is 0.759. The van der Waals surface area contributed by atoms with Gasteiger partial charge in [0.05, 0.1) is 0 Å². The van der Waals surface area contributed by atoms with Crippen LogP contribution in [0.3, 0.4) is 0 Å². The molecule has 1 unspecified atom stereocenters. The predicted octanol–water partition coefficient (Wildman–Crippen LogP) is 1.12. The molecule has 1 spiro atoms. The van der Waals surface area contributed by atoms with Crippen molar-refractivity contribution >= 4 is 0 Å². The molecule has 0 bridgehead atoms. The number of rotatable bonds is 0. The Morgan fingerprint density at radius 1 is 1.40 bits per heavy atom. The van der Waals surface area contributed by atoms with Crippen molar-refractivity contribution in [3.63, 3.8) is 0 Å². The van der Waals surface area contributed by atoms with Crippen LogP contribution < -0.4 is 5.84 Å². The third kappa shape index (κ3) is 0.956. The first-order valence-corrected chi connectivity index (χ1v) is 4.23. The predicted molar refractivity (Wildman–Crippen MR) is 41.3 cm³/mol. The van der Waals surface area contributed by atoms with E-state index in [2.05, 4.69) is 6.92 Å². The van der Waals surface area contributed by atoms with E-state index >= 15 is 0 Å². The minimum atomic E-state index is 0.622. The van der Waals surface area contributed by atoms with Gasteiger partial charge in [-0.1, -0.05) is 0 Å². The Morgan fingerprint density at radius 2 is 2.10 bits per heavy atom. The molecular formula is C8H16N2. The van der Waals surface area contributed by atoms with Crippen molar-refractivity contribution in [2.75, 3.05) is 6.54 Å². The molecule has 10 heavy (non-hydrogen) atoms. The van der Waals surface area contributed by atoms with Crippen molar-refractivity contribution in [3.8, 4) is 0 Å². The molecule has 1 aliphatic carbocycles. The molecule has 2 fully saturated rings. The fourth-order valence-electron chi connectivity index (χ4n) is 2.06. The minimum Gasteiger partial charge on any atom is -0.269 e. The van der Waals surface area contributed by atoms with Crippen LogP contribution in [0, 0.1) is 5.41 Å². The van der Waals surface area contributed by atoms with Crippen LogP contribution in [0.1, 0.15) is 32.6 Å². The number of hydrogen-bond donors (Lipinski definition) is 1. The third-order valence-electron chi connectivity index (χ3n) is 3.15. The lowest BCUT2D eigenvalue weighted by Crippen LogP contribution is -2.45. The molecule has 1 saturated carbocycles. The molecule has 2 rings (SSSR count). The van der Waals surface area contributed by atoms with Crippen LogP contribution in [-0.4, -0.2) is 17.6 Å². The summed E-state index contributed by atoms with van der Waals surface area (Å²) >= 11 is 0. The average molecular weight is 140 g/mol. The van der Waals surface area contributed by atoms with Crippen molar-refractivity contribution in [1.29, 1.82) is 0 Å². The molecule has 0 aromatic heterocycles. The van der Waals surface area contributed by atoms with Gasteiger partial charge >= 0.3 is 0 Å². The quantitative estimate of drug-likeness (QED) is 0.511. The fourth-order valence-corrected chi connectivity index (χ4v) is 2.06. The molecule has 2 N–H and O–H groups in total. The van der Waals surface area contributed by atoms with E-state index in [0.29, 0.717) is 6.04 Å². The second kappa shape index (κ2) is 1.95. The molecule has 1 saturated heterocycles. The Hall–Kier alpha value is -0.0800. The molecule has 1 aliphatic heterocycles. The molecule has 1 atom stereocenters. The maximum Gasteiger partial charge on any atom is 0.0218 e. The van der Waals surface area contributed by atoms with E-state index < -0.39 is 0 Å². The fraction of sp³-hybridized carbons (Fsp3) is 1.00. The van der Waals surface area contributed by atoms with Gasteiger partial charge in [-0.3, -0.25) is 5.84 Å². The molecule has 58 valence electrons.